The van der Waals surface area contributed by atoms with Crippen LogP contribution in [0.3, 0.4) is 0 Å². The molecule has 3 aromatic heterocycles. The monoisotopic (exact) mass is 660 g/mol. The summed E-state index contributed by atoms with van der Waals surface area (Å²) in [6.45, 7) is 0. The van der Waals surface area contributed by atoms with E-state index in [-0.39, 0.29) is 0 Å². The first kappa shape index (κ1) is 27.9. The van der Waals surface area contributed by atoms with Gasteiger partial charge in [-0.2, -0.15) is 0 Å². The molecule has 0 fully saturated rings. The van der Waals surface area contributed by atoms with Crippen LogP contribution in [0.2, 0.25) is 0 Å². The molecule has 2 aliphatic rings. The Labute approximate surface area is 299 Å². The van der Waals surface area contributed by atoms with Gasteiger partial charge in [0.25, 0.3) is 0 Å². The maximum absolute atomic E-state index is 5.50. The lowest BCUT2D eigenvalue weighted by Crippen LogP contribution is -2.26. The predicted octanol–water partition coefficient (Wildman–Crippen LogP) is 11.3. The topological polar surface area (TPSA) is 43.6 Å². The number of aromatic nitrogens is 4. The molecule has 12 rings (SSSR count). The average molecular weight is 661 g/mol. The molecule has 240 valence electrons. The van der Waals surface area contributed by atoms with Crippen LogP contribution in [0.5, 0.6) is 0 Å². The van der Waals surface area contributed by atoms with Crippen LogP contribution in [0.25, 0.3) is 83.1 Å². The number of para-hydroxylation sites is 2. The summed E-state index contributed by atoms with van der Waals surface area (Å²) in [6, 6.07) is 58.9. The molecule has 10 aromatic rings. The zero-order valence-corrected chi connectivity index (χ0v) is 28.0. The maximum atomic E-state index is 5.50. The lowest BCUT2D eigenvalue weighted by Gasteiger charge is -2.31. The number of benzene rings is 7. The van der Waals surface area contributed by atoms with Crippen molar-refractivity contribution in [2.45, 2.75) is 5.41 Å². The van der Waals surface area contributed by atoms with Gasteiger partial charge in [0.05, 0.1) is 33.2 Å². The van der Waals surface area contributed by atoms with E-state index in [1.807, 2.05) is 6.20 Å². The molecule has 1 spiro atoms. The van der Waals surface area contributed by atoms with Crippen molar-refractivity contribution in [3.63, 3.8) is 0 Å². The van der Waals surface area contributed by atoms with Crippen LogP contribution >= 0.6 is 0 Å². The number of nitrogens with zero attached hydrogens (tertiary/aromatic N) is 4. The Morgan fingerprint density at radius 3 is 1.85 bits per heavy atom. The van der Waals surface area contributed by atoms with Crippen molar-refractivity contribution in [2.24, 2.45) is 0 Å². The standard InChI is InChI=1S/C48H28N4/c1-2-15-29(16-3-1)44-33-20-7-12-26-39(33)50-47(51-44)52-40-27-13-8-21-34(40)42-45-35(22-14-28-49-45)41-32-19-6-11-25-38(32)48(43(41)46(42)52)36-23-9-4-17-30(36)31-18-5-10-24-37(31)48/h1-28H. The maximum Gasteiger partial charge on any atom is 0.235 e. The van der Waals surface area contributed by atoms with Crippen molar-refractivity contribution in [1.29, 1.82) is 0 Å². The molecule has 7 aromatic carbocycles. The Hall–Kier alpha value is -6.91. The number of rotatable bonds is 2. The molecular weight excluding hydrogens is 633 g/mol. The molecule has 52 heavy (non-hydrogen) atoms. The fourth-order valence-corrected chi connectivity index (χ4v) is 9.57. The second-order valence-electron chi connectivity index (χ2n) is 13.9. The first-order valence-electron chi connectivity index (χ1n) is 17.8. The van der Waals surface area contributed by atoms with E-state index >= 15 is 0 Å². The summed E-state index contributed by atoms with van der Waals surface area (Å²) in [4.78, 5) is 16.1. The summed E-state index contributed by atoms with van der Waals surface area (Å²) in [7, 11) is 0. The van der Waals surface area contributed by atoms with Crippen molar-refractivity contribution in [3.05, 3.63) is 192 Å². The molecule has 4 nitrogen and oxygen atoms in total. The van der Waals surface area contributed by atoms with Crippen LogP contribution in [0.1, 0.15) is 22.3 Å². The average Bonchev–Trinajstić information content (AvgIpc) is 3.83. The molecule has 0 atom stereocenters. The fourth-order valence-electron chi connectivity index (χ4n) is 9.57. The van der Waals surface area contributed by atoms with Gasteiger partial charge < -0.3 is 0 Å². The second-order valence-corrected chi connectivity index (χ2v) is 13.9. The van der Waals surface area contributed by atoms with E-state index in [0.29, 0.717) is 5.95 Å². The first-order valence-corrected chi connectivity index (χ1v) is 17.8. The number of pyridine rings is 1. The van der Waals surface area contributed by atoms with Crippen LogP contribution < -0.4 is 0 Å². The van der Waals surface area contributed by atoms with Crippen molar-refractivity contribution < 1.29 is 0 Å². The van der Waals surface area contributed by atoms with Crippen molar-refractivity contribution in [2.75, 3.05) is 0 Å². The SMILES string of the molecule is c1ccc(-c2nc(-n3c4ccccc4c4c5ncccc5c5c(c43)C3(c4ccccc4-c4ccccc43)c3ccccc3-5)nc3ccccc23)cc1. The highest BCUT2D eigenvalue weighted by molar-refractivity contribution is 6.26. The minimum Gasteiger partial charge on any atom is -0.277 e. The Morgan fingerprint density at radius 2 is 1.08 bits per heavy atom. The summed E-state index contributed by atoms with van der Waals surface area (Å²) < 4.78 is 2.34. The van der Waals surface area contributed by atoms with Crippen molar-refractivity contribution in [1.82, 2.24) is 19.5 Å². The lowest BCUT2D eigenvalue weighted by molar-refractivity contribution is 0.796. The van der Waals surface area contributed by atoms with Gasteiger partial charge >= 0.3 is 0 Å². The van der Waals surface area contributed by atoms with Crippen molar-refractivity contribution >= 4 is 43.6 Å². The zero-order chi connectivity index (χ0) is 34.0. The minimum absolute atomic E-state index is 0.577. The Kier molecular flexibility index (Phi) is 5.40. The van der Waals surface area contributed by atoms with Gasteiger partial charge in [0.15, 0.2) is 0 Å². The largest absolute Gasteiger partial charge is 0.277 e. The minimum atomic E-state index is -0.577. The third kappa shape index (κ3) is 3.34. The van der Waals surface area contributed by atoms with Gasteiger partial charge in [0.1, 0.15) is 0 Å². The molecule has 0 bridgehead atoms. The molecule has 0 N–H and O–H groups in total. The molecule has 0 aliphatic heterocycles. The molecule has 0 saturated carbocycles. The smallest absolute Gasteiger partial charge is 0.235 e. The van der Waals surface area contributed by atoms with Crippen LogP contribution in [-0.2, 0) is 5.41 Å². The number of hydrogen-bond donors (Lipinski definition) is 0. The molecule has 0 unspecified atom stereocenters. The van der Waals surface area contributed by atoms with E-state index in [9.17, 15) is 0 Å². The van der Waals surface area contributed by atoms with Gasteiger partial charge in [-0.1, -0.05) is 146 Å². The summed E-state index contributed by atoms with van der Waals surface area (Å²) in [5.74, 6) is 0.645. The molecular formula is C48H28N4. The number of fused-ring (bicyclic) bond motifs is 18. The Bertz CT molecular complexity index is 3090. The van der Waals surface area contributed by atoms with Crippen molar-refractivity contribution in [3.8, 4) is 39.5 Å². The first-order chi connectivity index (χ1) is 25.8. The molecule has 0 saturated heterocycles. The van der Waals surface area contributed by atoms with Crippen LogP contribution in [0.15, 0.2) is 170 Å². The van der Waals surface area contributed by atoms with Gasteiger partial charge in [-0.3, -0.25) is 9.55 Å². The summed E-state index contributed by atoms with van der Waals surface area (Å²) >= 11 is 0. The normalized spacial score (nSPS) is 13.5. The fraction of sp³-hybridized carbons (Fsp3) is 0.0208. The molecule has 3 heterocycles. The van der Waals surface area contributed by atoms with E-state index in [0.717, 1.165) is 54.9 Å². The van der Waals surface area contributed by atoms with E-state index in [4.69, 9.17) is 15.0 Å². The predicted molar refractivity (Wildman–Crippen MR) is 211 cm³/mol. The summed E-state index contributed by atoms with van der Waals surface area (Å²) in [5, 5.41) is 4.44. The highest BCUT2D eigenvalue weighted by Crippen LogP contribution is 2.65. The highest BCUT2D eigenvalue weighted by atomic mass is 15.2. The second kappa shape index (κ2) is 10.1. The number of hydrogen-bond acceptors (Lipinski definition) is 3. The van der Waals surface area contributed by atoms with E-state index in [1.54, 1.807) is 0 Å². The Balaban J connectivity index is 1.36. The third-order valence-corrected chi connectivity index (χ3v) is 11.4. The van der Waals surface area contributed by atoms with Crippen LogP contribution in [0.4, 0.5) is 0 Å². The molecule has 0 amide bonds. The molecule has 0 radical (unpaired) electrons. The van der Waals surface area contributed by atoms with E-state index in [2.05, 4.69) is 168 Å². The highest BCUT2D eigenvalue weighted by Gasteiger charge is 2.53. The van der Waals surface area contributed by atoms with Gasteiger partial charge in [-0.25, -0.2) is 9.97 Å². The van der Waals surface area contributed by atoms with Gasteiger partial charge in [0, 0.05) is 38.9 Å². The molecule has 4 heteroatoms. The van der Waals surface area contributed by atoms with Gasteiger partial charge in [-0.05, 0) is 57.1 Å². The Morgan fingerprint density at radius 1 is 0.481 bits per heavy atom. The summed E-state index contributed by atoms with van der Waals surface area (Å²) in [5.41, 5.74) is 15.6. The quantitative estimate of drug-likeness (QED) is 0.185. The molecule has 2 aliphatic carbocycles. The van der Waals surface area contributed by atoms with E-state index in [1.165, 1.54) is 44.5 Å². The van der Waals surface area contributed by atoms with Gasteiger partial charge in [0.2, 0.25) is 5.95 Å². The van der Waals surface area contributed by atoms with Gasteiger partial charge in [-0.15, -0.1) is 0 Å². The summed E-state index contributed by atoms with van der Waals surface area (Å²) in [6.07, 6.45) is 1.93. The third-order valence-electron chi connectivity index (χ3n) is 11.4. The lowest BCUT2D eigenvalue weighted by atomic mass is 9.70. The zero-order valence-electron chi connectivity index (χ0n) is 28.0. The van der Waals surface area contributed by atoms with Crippen LogP contribution in [0, 0.1) is 0 Å². The van der Waals surface area contributed by atoms with Crippen LogP contribution in [-0.4, -0.2) is 19.5 Å². The van der Waals surface area contributed by atoms with E-state index < -0.39 is 5.41 Å².